The highest BCUT2D eigenvalue weighted by Gasteiger charge is 2.88. The Kier molecular flexibility index (Phi) is 16.8. The van der Waals surface area contributed by atoms with E-state index in [9.17, 15) is 19.1 Å². The summed E-state index contributed by atoms with van der Waals surface area (Å²) < 4.78 is 71.9. The zero-order valence-electron chi connectivity index (χ0n) is 36.5. The Balaban J connectivity index is 0.943. The highest BCUT2D eigenvalue weighted by Crippen LogP contribution is 2.69. The van der Waals surface area contributed by atoms with E-state index >= 15 is 0 Å². The summed E-state index contributed by atoms with van der Waals surface area (Å²) in [6, 6.07) is 9.50. The minimum atomic E-state index is -4.73. The summed E-state index contributed by atoms with van der Waals surface area (Å²) >= 11 is 0. The molecule has 2 saturated heterocycles. The summed E-state index contributed by atoms with van der Waals surface area (Å²) in [5.41, 5.74) is 5.63. The van der Waals surface area contributed by atoms with E-state index in [1.54, 1.807) is 24.4 Å². The number of nitrogens with two attached hydrogens (primary N) is 1. The number of nitrogen functional groups attached to an aromatic ring is 1. The second kappa shape index (κ2) is 21.6. The van der Waals surface area contributed by atoms with Crippen molar-refractivity contribution in [2.24, 2.45) is 0 Å². The van der Waals surface area contributed by atoms with Crippen molar-refractivity contribution in [1.82, 2.24) is 14.6 Å². The molecule has 16 heteroatoms. The molecule has 61 heavy (non-hydrogen) atoms. The molecule has 0 radical (unpaired) electrons. The molecular formula is C45H67FN5O9P. The number of unbranched alkanes of at least 4 members (excludes halogenated alkanes) is 16. The lowest BCUT2D eigenvalue weighted by atomic mass is 9.91. The fourth-order valence-corrected chi connectivity index (χ4v) is 9.93. The molecule has 1 saturated carbocycles. The standard InChI is InChI=1S/C45H67FN5O9P/c1-5-6-7-8-9-10-11-12-13-14-15-16-17-18-19-20-21-24-54-30-36(55-29-34-25-33(28-47)26-35(46)27-34)31-56-61(52,53)59-40-39-45(40)42(58-43(2,3)60-45)44(4,57-39)38-23-22-37-41(48)49-32-50-51(37)38/h22-23,25-27,32,36,39-40,42H,5-21,24,29-31H2,1-4H3,(H,52,53)(H2,48,49,50)/t36-,39-,40?,42+,44+,45+/m1/s1. The summed E-state index contributed by atoms with van der Waals surface area (Å²) in [7, 11) is -4.73. The SMILES string of the molecule is CCCCCCCCCCCCCCCCCCCOC[C@H](COP(=O)(O)OC1[C@H]2O[C@@](C)(c3ccc4c(N)ncnn34)[C@@H]3OC(C)(C)O[C@]123)OCc1cc(F)cc(C#N)c1. The van der Waals surface area contributed by atoms with Gasteiger partial charge >= 0.3 is 7.82 Å². The molecule has 3 N–H and O–H groups in total. The first kappa shape index (κ1) is 47.4. The molecule has 1 spiro atoms. The first-order valence-corrected chi connectivity index (χ1v) is 24.0. The van der Waals surface area contributed by atoms with E-state index in [0.717, 1.165) is 25.3 Å². The molecule has 3 aromatic rings. The van der Waals surface area contributed by atoms with Crippen molar-refractivity contribution in [3.05, 3.63) is 59.3 Å². The summed E-state index contributed by atoms with van der Waals surface area (Å²) in [6.45, 7) is 7.74. The zero-order chi connectivity index (χ0) is 43.5. The number of phosphoric ester groups is 1. The van der Waals surface area contributed by atoms with Gasteiger partial charge in [-0.05, 0) is 63.1 Å². The molecule has 14 nitrogen and oxygen atoms in total. The van der Waals surface area contributed by atoms with Gasteiger partial charge in [-0.3, -0.25) is 9.05 Å². The van der Waals surface area contributed by atoms with Gasteiger partial charge in [0, 0.05) is 6.61 Å². The molecule has 6 rings (SSSR count). The molecule has 3 aliphatic rings. The smallest absolute Gasteiger partial charge is 0.382 e. The van der Waals surface area contributed by atoms with Gasteiger partial charge in [-0.2, -0.15) is 10.4 Å². The Hall–Kier alpha value is -3.03. The Labute approximate surface area is 360 Å². The molecule has 338 valence electrons. The zero-order valence-corrected chi connectivity index (χ0v) is 37.4. The maximum absolute atomic E-state index is 14.2. The Morgan fingerprint density at radius 2 is 1.57 bits per heavy atom. The largest absolute Gasteiger partial charge is 0.472 e. The van der Waals surface area contributed by atoms with Crippen LogP contribution in [0.5, 0.6) is 0 Å². The topological polar surface area (TPSA) is 182 Å². The molecule has 4 heterocycles. The van der Waals surface area contributed by atoms with Gasteiger partial charge in [0.2, 0.25) is 0 Å². The van der Waals surface area contributed by atoms with Crippen molar-refractivity contribution in [2.75, 3.05) is 25.6 Å². The maximum atomic E-state index is 14.2. The van der Waals surface area contributed by atoms with Gasteiger partial charge in [0.05, 0.1) is 37.1 Å². The number of nitriles is 1. The number of aromatic nitrogens is 3. The van der Waals surface area contributed by atoms with E-state index in [-0.39, 0.29) is 25.4 Å². The molecule has 0 amide bonds. The predicted octanol–water partition coefficient (Wildman–Crippen LogP) is 9.60. The number of nitrogens with zero attached hydrogens (tertiary/aromatic N) is 4. The van der Waals surface area contributed by atoms with E-state index in [4.69, 9.17) is 38.5 Å². The van der Waals surface area contributed by atoms with Gasteiger partial charge in [-0.15, -0.1) is 0 Å². The molecule has 1 aromatic carbocycles. The molecule has 2 unspecified atom stereocenters. The maximum Gasteiger partial charge on any atom is 0.472 e. The quantitative estimate of drug-likeness (QED) is 0.0497. The van der Waals surface area contributed by atoms with Crippen LogP contribution in [0.3, 0.4) is 0 Å². The average Bonchev–Trinajstić information content (AvgIpc) is 3.54. The summed E-state index contributed by atoms with van der Waals surface area (Å²) in [4.78, 5) is 15.1. The van der Waals surface area contributed by atoms with Crippen LogP contribution >= 0.6 is 7.82 Å². The Morgan fingerprint density at radius 3 is 2.21 bits per heavy atom. The second-order valence-electron chi connectivity index (χ2n) is 17.6. The van der Waals surface area contributed by atoms with Crippen molar-refractivity contribution in [3.8, 4) is 6.07 Å². The lowest BCUT2D eigenvalue weighted by Crippen LogP contribution is -2.45. The van der Waals surface area contributed by atoms with Crippen molar-refractivity contribution >= 4 is 19.2 Å². The number of benzene rings is 1. The molecule has 3 fully saturated rings. The van der Waals surface area contributed by atoms with Crippen LogP contribution in [0.1, 0.15) is 154 Å². The van der Waals surface area contributed by atoms with Crippen LogP contribution in [-0.2, 0) is 49.5 Å². The Bertz CT molecular complexity index is 1960. The minimum Gasteiger partial charge on any atom is -0.382 e. The number of anilines is 1. The van der Waals surface area contributed by atoms with Crippen LogP contribution in [0, 0.1) is 17.1 Å². The Morgan fingerprint density at radius 1 is 0.934 bits per heavy atom. The lowest BCUT2D eigenvalue weighted by Gasteiger charge is -2.33. The van der Waals surface area contributed by atoms with E-state index < -0.39 is 55.0 Å². The fourth-order valence-electron chi connectivity index (χ4n) is 8.95. The van der Waals surface area contributed by atoms with Gasteiger partial charge in [-0.25, -0.2) is 18.5 Å². The minimum absolute atomic E-state index is 0.0588. The molecule has 7 atom stereocenters. The van der Waals surface area contributed by atoms with Gasteiger partial charge in [-0.1, -0.05) is 110 Å². The van der Waals surface area contributed by atoms with E-state index in [2.05, 4.69) is 17.0 Å². The van der Waals surface area contributed by atoms with Crippen LogP contribution < -0.4 is 5.73 Å². The second-order valence-corrected chi connectivity index (χ2v) is 19.0. The normalized spacial score (nSPS) is 25.3. The van der Waals surface area contributed by atoms with Gasteiger partial charge < -0.3 is 34.3 Å². The number of halogens is 1. The highest BCUT2D eigenvalue weighted by atomic mass is 31.2. The fraction of sp³-hybridized carbons (Fsp3) is 0.711. The highest BCUT2D eigenvalue weighted by molar-refractivity contribution is 7.47. The van der Waals surface area contributed by atoms with Crippen molar-refractivity contribution in [2.45, 2.75) is 185 Å². The van der Waals surface area contributed by atoms with E-state index in [1.807, 2.05) is 19.1 Å². The molecular weight excluding hydrogens is 804 g/mol. The first-order valence-electron chi connectivity index (χ1n) is 22.5. The number of hydrogen-bond donors (Lipinski definition) is 2. The predicted molar refractivity (Wildman–Crippen MR) is 228 cm³/mol. The van der Waals surface area contributed by atoms with E-state index in [0.29, 0.717) is 29.2 Å². The average molecular weight is 872 g/mol. The van der Waals surface area contributed by atoms with Crippen LogP contribution in [0.25, 0.3) is 5.52 Å². The summed E-state index contributed by atoms with van der Waals surface area (Å²) in [5, 5.41) is 13.7. The number of rotatable bonds is 29. The monoisotopic (exact) mass is 871 g/mol. The molecule has 2 aromatic heterocycles. The summed E-state index contributed by atoms with van der Waals surface area (Å²) in [5.74, 6) is -1.32. The van der Waals surface area contributed by atoms with Gasteiger partial charge in [0.25, 0.3) is 0 Å². The number of fused-ring (bicyclic) bond motifs is 1. The molecule has 2 aliphatic heterocycles. The van der Waals surface area contributed by atoms with Crippen molar-refractivity contribution in [3.63, 3.8) is 0 Å². The summed E-state index contributed by atoms with van der Waals surface area (Å²) in [6.07, 6.45) is 19.9. The van der Waals surface area contributed by atoms with Crippen LogP contribution in [0.15, 0.2) is 36.7 Å². The lowest BCUT2D eigenvalue weighted by molar-refractivity contribution is -0.196. The third kappa shape index (κ3) is 12.2. The third-order valence-electron chi connectivity index (χ3n) is 12.1. The van der Waals surface area contributed by atoms with Crippen LogP contribution in [-0.4, -0.2) is 75.1 Å². The van der Waals surface area contributed by atoms with Crippen molar-refractivity contribution < 1.29 is 46.6 Å². The first-order chi connectivity index (χ1) is 29.3. The third-order valence-corrected chi connectivity index (χ3v) is 13.1. The number of ether oxygens (including phenoxy) is 5. The number of hydrogen-bond acceptors (Lipinski definition) is 12. The van der Waals surface area contributed by atoms with Crippen molar-refractivity contribution in [1.29, 1.82) is 5.26 Å². The van der Waals surface area contributed by atoms with Gasteiger partial charge in [0.15, 0.2) is 17.2 Å². The number of phosphoric acid groups is 1. The van der Waals surface area contributed by atoms with Crippen LogP contribution in [0.4, 0.5) is 10.2 Å². The van der Waals surface area contributed by atoms with Crippen LogP contribution in [0.2, 0.25) is 0 Å². The van der Waals surface area contributed by atoms with E-state index in [1.165, 1.54) is 108 Å². The molecule has 0 bridgehead atoms. The van der Waals surface area contributed by atoms with Gasteiger partial charge in [0.1, 0.15) is 47.7 Å². The molecule has 1 aliphatic carbocycles.